The van der Waals surface area contributed by atoms with Crippen molar-refractivity contribution in [3.63, 3.8) is 0 Å². The molecule has 21 heavy (non-hydrogen) atoms. The summed E-state index contributed by atoms with van der Waals surface area (Å²) >= 11 is 3.51. The molecule has 2 aromatic carbocycles. The second-order valence-corrected chi connectivity index (χ2v) is 5.90. The van der Waals surface area contributed by atoms with Crippen molar-refractivity contribution in [3.8, 4) is 0 Å². The predicted octanol–water partition coefficient (Wildman–Crippen LogP) is 4.42. The molecule has 0 bridgehead atoms. The van der Waals surface area contributed by atoms with Gasteiger partial charge in [-0.2, -0.15) is 0 Å². The van der Waals surface area contributed by atoms with Crippen molar-refractivity contribution >= 4 is 21.6 Å². The summed E-state index contributed by atoms with van der Waals surface area (Å²) in [5.41, 5.74) is 9.16. The lowest BCUT2D eigenvalue weighted by Gasteiger charge is -2.33. The highest BCUT2D eigenvalue weighted by Gasteiger charge is 2.21. The smallest absolute Gasteiger partial charge is 0.123 e. The van der Waals surface area contributed by atoms with Crippen LogP contribution in [-0.4, -0.2) is 13.1 Å². The minimum Gasteiger partial charge on any atom is -0.363 e. The number of rotatable bonds is 5. The Morgan fingerprint density at radius 1 is 1.24 bits per heavy atom. The third-order valence-corrected chi connectivity index (χ3v) is 4.31. The number of halogens is 2. The summed E-state index contributed by atoms with van der Waals surface area (Å²) in [6.45, 7) is 5.36. The normalized spacial score (nSPS) is 12.2. The highest BCUT2D eigenvalue weighted by molar-refractivity contribution is 9.10. The summed E-state index contributed by atoms with van der Waals surface area (Å²) in [6.07, 6.45) is 0. The van der Waals surface area contributed by atoms with E-state index in [1.807, 2.05) is 6.07 Å². The number of benzene rings is 2. The lowest BCUT2D eigenvalue weighted by Crippen LogP contribution is -2.34. The lowest BCUT2D eigenvalue weighted by molar-refractivity contribution is 0.605. The summed E-state index contributed by atoms with van der Waals surface area (Å²) in [5, 5.41) is 0. The van der Waals surface area contributed by atoms with E-state index in [0.29, 0.717) is 6.54 Å². The molecular formula is C17H20BrFN2. The number of nitrogens with two attached hydrogens (primary N) is 1. The molecule has 1 unspecified atom stereocenters. The van der Waals surface area contributed by atoms with Gasteiger partial charge in [0.15, 0.2) is 0 Å². The first kappa shape index (κ1) is 16.0. The van der Waals surface area contributed by atoms with Crippen LogP contribution in [0.3, 0.4) is 0 Å². The van der Waals surface area contributed by atoms with E-state index in [1.165, 1.54) is 11.6 Å². The van der Waals surface area contributed by atoms with Crippen molar-refractivity contribution in [3.05, 3.63) is 63.9 Å². The zero-order valence-electron chi connectivity index (χ0n) is 12.3. The fourth-order valence-corrected chi connectivity index (χ4v) is 3.09. The van der Waals surface area contributed by atoms with E-state index in [1.54, 1.807) is 12.1 Å². The Morgan fingerprint density at radius 3 is 2.62 bits per heavy atom. The largest absolute Gasteiger partial charge is 0.363 e. The molecule has 0 aliphatic heterocycles. The summed E-state index contributed by atoms with van der Waals surface area (Å²) in [4.78, 5) is 2.20. The molecule has 0 aliphatic rings. The Hall–Kier alpha value is -1.39. The molecule has 0 fully saturated rings. The van der Waals surface area contributed by atoms with Crippen molar-refractivity contribution in [2.75, 3.05) is 18.0 Å². The molecule has 2 nitrogen and oxygen atoms in total. The number of likely N-dealkylation sites (N-methyl/N-ethyl adjacent to an activating group) is 1. The molecule has 0 aromatic heterocycles. The highest BCUT2D eigenvalue weighted by atomic mass is 79.9. The van der Waals surface area contributed by atoms with Crippen LogP contribution in [0.25, 0.3) is 0 Å². The number of hydrogen-bond acceptors (Lipinski definition) is 2. The molecule has 0 saturated carbocycles. The summed E-state index contributed by atoms with van der Waals surface area (Å²) in [5.74, 6) is -0.244. The molecule has 0 spiro atoms. The van der Waals surface area contributed by atoms with E-state index in [2.05, 4.69) is 52.9 Å². The molecule has 112 valence electrons. The second-order valence-electron chi connectivity index (χ2n) is 5.04. The van der Waals surface area contributed by atoms with Gasteiger partial charge in [-0.3, -0.25) is 0 Å². The Bertz CT molecular complexity index is 615. The maximum Gasteiger partial charge on any atom is 0.123 e. The van der Waals surface area contributed by atoms with Crippen molar-refractivity contribution in [2.45, 2.75) is 19.9 Å². The molecule has 2 rings (SSSR count). The monoisotopic (exact) mass is 350 g/mol. The Kier molecular flexibility index (Phi) is 5.37. The van der Waals surface area contributed by atoms with Crippen LogP contribution in [0.2, 0.25) is 0 Å². The van der Waals surface area contributed by atoms with Crippen LogP contribution < -0.4 is 10.6 Å². The van der Waals surface area contributed by atoms with Crippen LogP contribution in [0.1, 0.15) is 24.1 Å². The van der Waals surface area contributed by atoms with E-state index in [4.69, 9.17) is 5.73 Å². The number of hydrogen-bond donors (Lipinski definition) is 1. The minimum atomic E-state index is -0.244. The molecule has 0 aliphatic carbocycles. The van der Waals surface area contributed by atoms with Gasteiger partial charge < -0.3 is 10.6 Å². The Balaban J connectivity index is 2.44. The molecule has 0 amide bonds. The Labute approximate surface area is 133 Å². The first-order chi connectivity index (χ1) is 10.1. The topological polar surface area (TPSA) is 29.3 Å². The highest BCUT2D eigenvalue weighted by Crippen LogP contribution is 2.31. The zero-order valence-corrected chi connectivity index (χ0v) is 13.9. The maximum atomic E-state index is 13.6. The van der Waals surface area contributed by atoms with Crippen molar-refractivity contribution < 1.29 is 4.39 Å². The molecule has 4 heteroatoms. The average molecular weight is 351 g/mol. The van der Waals surface area contributed by atoms with Gasteiger partial charge in [0.05, 0.1) is 6.04 Å². The lowest BCUT2D eigenvalue weighted by atomic mass is 10.0. The van der Waals surface area contributed by atoms with Gasteiger partial charge in [-0.05, 0) is 55.3 Å². The van der Waals surface area contributed by atoms with Gasteiger partial charge in [-0.25, -0.2) is 4.39 Å². The number of aryl methyl sites for hydroxylation is 1. The van der Waals surface area contributed by atoms with Gasteiger partial charge in [0.25, 0.3) is 0 Å². The van der Waals surface area contributed by atoms with Crippen molar-refractivity contribution in [2.24, 2.45) is 5.73 Å². The first-order valence-electron chi connectivity index (χ1n) is 7.05. The molecule has 2 aromatic rings. The van der Waals surface area contributed by atoms with E-state index < -0.39 is 0 Å². The van der Waals surface area contributed by atoms with E-state index in [9.17, 15) is 4.39 Å². The quantitative estimate of drug-likeness (QED) is 0.864. The van der Waals surface area contributed by atoms with Crippen molar-refractivity contribution in [1.82, 2.24) is 0 Å². The maximum absolute atomic E-state index is 13.6. The molecule has 1 atom stereocenters. The van der Waals surface area contributed by atoms with Crippen LogP contribution in [0.4, 0.5) is 10.1 Å². The number of nitrogens with zero attached hydrogens (tertiary/aromatic N) is 1. The van der Waals surface area contributed by atoms with Gasteiger partial charge in [-0.1, -0.05) is 28.1 Å². The molecule has 0 radical (unpaired) electrons. The molecular weight excluding hydrogens is 331 g/mol. The van der Waals surface area contributed by atoms with Gasteiger partial charge in [0.2, 0.25) is 0 Å². The third kappa shape index (κ3) is 3.63. The van der Waals surface area contributed by atoms with Gasteiger partial charge in [-0.15, -0.1) is 0 Å². The van der Waals surface area contributed by atoms with Gasteiger partial charge >= 0.3 is 0 Å². The molecule has 0 saturated heterocycles. The van der Waals surface area contributed by atoms with Crippen LogP contribution in [0.5, 0.6) is 0 Å². The van der Waals surface area contributed by atoms with Crippen LogP contribution >= 0.6 is 15.9 Å². The molecule has 0 heterocycles. The standard InChI is InChI=1S/C17H20BrFN2/c1-3-21(14-6-4-5-12(2)9-14)17(11-20)15-10-13(19)7-8-16(15)18/h4-10,17H,3,11,20H2,1-2H3. The minimum absolute atomic E-state index is 0.0677. The zero-order chi connectivity index (χ0) is 15.4. The van der Waals surface area contributed by atoms with Crippen LogP contribution in [0, 0.1) is 12.7 Å². The third-order valence-electron chi connectivity index (χ3n) is 3.59. The van der Waals surface area contributed by atoms with Gasteiger partial charge in [0, 0.05) is 23.2 Å². The summed E-state index contributed by atoms with van der Waals surface area (Å²) in [7, 11) is 0. The summed E-state index contributed by atoms with van der Waals surface area (Å²) < 4.78 is 14.5. The van der Waals surface area contributed by atoms with E-state index >= 15 is 0 Å². The van der Waals surface area contributed by atoms with Crippen molar-refractivity contribution in [1.29, 1.82) is 0 Å². The molecule has 2 N–H and O–H groups in total. The Morgan fingerprint density at radius 2 is 2.00 bits per heavy atom. The van der Waals surface area contributed by atoms with E-state index in [-0.39, 0.29) is 11.9 Å². The van der Waals surface area contributed by atoms with Crippen LogP contribution in [0.15, 0.2) is 46.9 Å². The fraction of sp³-hybridized carbons (Fsp3) is 0.294. The number of anilines is 1. The summed E-state index contributed by atoms with van der Waals surface area (Å²) in [6, 6.07) is 12.9. The predicted molar refractivity (Wildman–Crippen MR) is 90.1 cm³/mol. The SMILES string of the molecule is CCN(c1cccc(C)c1)C(CN)c1cc(F)ccc1Br. The van der Waals surface area contributed by atoms with E-state index in [0.717, 1.165) is 22.3 Å². The van der Waals surface area contributed by atoms with Gasteiger partial charge in [0.1, 0.15) is 5.82 Å². The average Bonchev–Trinajstić information content (AvgIpc) is 2.47. The first-order valence-corrected chi connectivity index (χ1v) is 7.84. The fourth-order valence-electron chi connectivity index (χ4n) is 2.58. The van der Waals surface area contributed by atoms with Crippen LogP contribution in [-0.2, 0) is 0 Å². The second kappa shape index (κ2) is 7.05.